The summed E-state index contributed by atoms with van der Waals surface area (Å²) in [5.41, 5.74) is 2.95. The van der Waals surface area contributed by atoms with Crippen molar-refractivity contribution in [1.29, 1.82) is 0 Å². The molecule has 1 amide bonds. The Bertz CT molecular complexity index is 842. The molecule has 23 heavy (non-hydrogen) atoms. The van der Waals surface area contributed by atoms with Crippen molar-refractivity contribution in [1.82, 2.24) is 9.78 Å². The van der Waals surface area contributed by atoms with Crippen LogP contribution in [-0.4, -0.2) is 15.7 Å². The van der Waals surface area contributed by atoms with Crippen LogP contribution in [0.2, 0.25) is 0 Å². The van der Waals surface area contributed by atoms with Gasteiger partial charge >= 0.3 is 0 Å². The Morgan fingerprint density at radius 2 is 2.00 bits per heavy atom. The number of nitrogens with zero attached hydrogens (tertiary/aromatic N) is 2. The van der Waals surface area contributed by atoms with E-state index in [1.165, 1.54) is 5.56 Å². The summed E-state index contributed by atoms with van der Waals surface area (Å²) in [6.07, 6.45) is 1.69. The average Bonchev–Trinajstić information content (AvgIpc) is 2.94. The fourth-order valence-electron chi connectivity index (χ4n) is 2.37. The third-order valence-electron chi connectivity index (χ3n) is 3.46. The maximum atomic E-state index is 12.3. The van der Waals surface area contributed by atoms with Gasteiger partial charge in [-0.2, -0.15) is 5.10 Å². The predicted octanol–water partition coefficient (Wildman–Crippen LogP) is 4.25. The number of nitrogens with one attached hydrogen (secondary N) is 1. The topological polar surface area (TPSA) is 46.9 Å². The molecule has 1 N–H and O–H groups in total. The van der Waals surface area contributed by atoms with Gasteiger partial charge in [0.05, 0.1) is 12.7 Å². The molecule has 0 radical (unpaired) electrons. The highest BCUT2D eigenvalue weighted by Crippen LogP contribution is 2.15. The number of anilines is 1. The van der Waals surface area contributed by atoms with Crippen molar-refractivity contribution in [2.45, 2.75) is 13.5 Å². The molecule has 0 bridgehead atoms. The summed E-state index contributed by atoms with van der Waals surface area (Å²) in [6.45, 7) is 2.67. The lowest BCUT2D eigenvalue weighted by Gasteiger charge is -2.10. The molecular weight excluding hydrogens is 354 g/mol. The number of carbonyl (C=O) groups is 1. The maximum absolute atomic E-state index is 12.3. The fraction of sp³-hybridized carbons (Fsp3) is 0.111. The van der Waals surface area contributed by atoms with Crippen molar-refractivity contribution < 1.29 is 4.79 Å². The monoisotopic (exact) mass is 369 g/mol. The number of carbonyl (C=O) groups excluding carboxylic acids is 1. The summed E-state index contributed by atoms with van der Waals surface area (Å²) in [4.78, 5) is 12.3. The summed E-state index contributed by atoms with van der Waals surface area (Å²) in [6, 6.07) is 17.3. The highest BCUT2D eigenvalue weighted by Gasteiger charge is 2.10. The summed E-state index contributed by atoms with van der Waals surface area (Å²) in [5.74, 6) is 0.522. The molecule has 5 heteroatoms. The normalized spacial score (nSPS) is 10.5. The van der Waals surface area contributed by atoms with E-state index >= 15 is 0 Å². The van der Waals surface area contributed by atoms with Gasteiger partial charge in [0.2, 0.25) is 0 Å². The Morgan fingerprint density at radius 3 is 2.78 bits per heavy atom. The Kier molecular flexibility index (Phi) is 4.57. The molecule has 4 nitrogen and oxygen atoms in total. The molecule has 3 rings (SSSR count). The third kappa shape index (κ3) is 3.87. The number of benzene rings is 2. The molecule has 0 saturated carbocycles. The molecule has 116 valence electrons. The van der Waals surface area contributed by atoms with E-state index in [1.807, 2.05) is 18.2 Å². The number of aromatic nitrogens is 2. The maximum Gasteiger partial charge on any atom is 0.256 e. The van der Waals surface area contributed by atoms with Gasteiger partial charge in [-0.1, -0.05) is 51.8 Å². The zero-order valence-corrected chi connectivity index (χ0v) is 14.2. The first-order chi connectivity index (χ1) is 11.1. The minimum Gasteiger partial charge on any atom is -0.307 e. The lowest BCUT2D eigenvalue weighted by atomic mass is 10.1. The van der Waals surface area contributed by atoms with Crippen LogP contribution in [0.3, 0.4) is 0 Å². The standard InChI is InChI=1S/C18H16BrN3O/c1-13-4-2-5-14(10-13)12-22-17(8-9-20-22)21-18(23)15-6-3-7-16(19)11-15/h2-11H,12H2,1H3,(H,21,23). The summed E-state index contributed by atoms with van der Waals surface area (Å²) < 4.78 is 2.66. The van der Waals surface area contributed by atoms with E-state index in [9.17, 15) is 4.79 Å². The van der Waals surface area contributed by atoms with Gasteiger partial charge in [0, 0.05) is 16.1 Å². The molecule has 0 aliphatic carbocycles. The van der Waals surface area contributed by atoms with Gasteiger partial charge in [-0.05, 0) is 30.7 Å². The molecule has 0 fully saturated rings. The zero-order valence-electron chi connectivity index (χ0n) is 12.7. The van der Waals surface area contributed by atoms with Gasteiger partial charge in [0.1, 0.15) is 5.82 Å². The lowest BCUT2D eigenvalue weighted by Crippen LogP contribution is -2.16. The van der Waals surface area contributed by atoms with Crippen LogP contribution in [-0.2, 0) is 6.54 Å². The highest BCUT2D eigenvalue weighted by atomic mass is 79.9. The minimum absolute atomic E-state index is 0.155. The van der Waals surface area contributed by atoms with Crippen molar-refractivity contribution in [3.63, 3.8) is 0 Å². The summed E-state index contributed by atoms with van der Waals surface area (Å²) >= 11 is 3.38. The van der Waals surface area contributed by atoms with E-state index in [0.717, 1.165) is 10.0 Å². The van der Waals surface area contributed by atoms with E-state index < -0.39 is 0 Å². The predicted molar refractivity (Wildman–Crippen MR) is 94.6 cm³/mol. The Hall–Kier alpha value is -2.40. The highest BCUT2D eigenvalue weighted by molar-refractivity contribution is 9.10. The summed E-state index contributed by atoms with van der Waals surface area (Å²) in [7, 11) is 0. The van der Waals surface area contributed by atoms with Crippen LogP contribution in [0.4, 0.5) is 5.82 Å². The average molecular weight is 370 g/mol. The van der Waals surface area contributed by atoms with Crippen LogP contribution in [0.25, 0.3) is 0 Å². The van der Waals surface area contributed by atoms with Crippen LogP contribution in [0.1, 0.15) is 21.5 Å². The first-order valence-corrected chi connectivity index (χ1v) is 8.05. The van der Waals surface area contributed by atoms with Crippen molar-refractivity contribution in [2.75, 3.05) is 5.32 Å². The van der Waals surface area contributed by atoms with Gasteiger partial charge in [-0.3, -0.25) is 4.79 Å². The lowest BCUT2D eigenvalue weighted by molar-refractivity contribution is 0.102. The van der Waals surface area contributed by atoms with Crippen LogP contribution in [0, 0.1) is 6.92 Å². The van der Waals surface area contributed by atoms with Gasteiger partial charge < -0.3 is 5.32 Å². The molecular formula is C18H16BrN3O. The van der Waals surface area contributed by atoms with Crippen LogP contribution >= 0.6 is 15.9 Å². The van der Waals surface area contributed by atoms with Crippen LogP contribution in [0.5, 0.6) is 0 Å². The molecule has 1 aromatic heterocycles. The molecule has 0 atom stereocenters. The summed E-state index contributed by atoms with van der Waals surface area (Å²) in [5, 5.41) is 7.21. The van der Waals surface area contributed by atoms with Crippen molar-refractivity contribution in [3.8, 4) is 0 Å². The van der Waals surface area contributed by atoms with Gasteiger partial charge in [0.25, 0.3) is 5.91 Å². The number of amides is 1. The molecule has 2 aromatic carbocycles. The Morgan fingerprint density at radius 1 is 1.17 bits per heavy atom. The number of halogens is 1. The Balaban J connectivity index is 1.77. The molecule has 0 saturated heterocycles. The molecule has 0 unspecified atom stereocenters. The molecule has 0 aliphatic rings. The second-order valence-electron chi connectivity index (χ2n) is 5.33. The van der Waals surface area contributed by atoms with E-state index in [0.29, 0.717) is 17.9 Å². The van der Waals surface area contributed by atoms with Gasteiger partial charge in [-0.15, -0.1) is 0 Å². The number of aryl methyl sites for hydroxylation is 1. The van der Waals surface area contributed by atoms with Crippen LogP contribution < -0.4 is 5.32 Å². The number of rotatable bonds is 4. The van der Waals surface area contributed by atoms with E-state index in [2.05, 4.69) is 51.5 Å². The third-order valence-corrected chi connectivity index (χ3v) is 3.95. The van der Waals surface area contributed by atoms with E-state index in [4.69, 9.17) is 0 Å². The van der Waals surface area contributed by atoms with Gasteiger partial charge in [0.15, 0.2) is 0 Å². The number of hydrogen-bond acceptors (Lipinski definition) is 2. The molecule has 0 aliphatic heterocycles. The van der Waals surface area contributed by atoms with Crippen molar-refractivity contribution in [3.05, 3.63) is 82.0 Å². The molecule has 0 spiro atoms. The molecule has 1 heterocycles. The fourth-order valence-corrected chi connectivity index (χ4v) is 2.77. The second kappa shape index (κ2) is 6.79. The second-order valence-corrected chi connectivity index (χ2v) is 6.24. The number of hydrogen-bond donors (Lipinski definition) is 1. The molecule has 3 aromatic rings. The smallest absolute Gasteiger partial charge is 0.256 e. The SMILES string of the molecule is Cc1cccc(Cn2nccc2NC(=O)c2cccc(Br)c2)c1. The minimum atomic E-state index is -0.155. The quantitative estimate of drug-likeness (QED) is 0.746. The van der Waals surface area contributed by atoms with E-state index in [-0.39, 0.29) is 5.91 Å². The first kappa shape index (κ1) is 15.5. The van der Waals surface area contributed by atoms with Gasteiger partial charge in [-0.25, -0.2) is 4.68 Å². The Labute approximate surface area is 143 Å². The van der Waals surface area contributed by atoms with E-state index in [1.54, 1.807) is 29.1 Å². The first-order valence-electron chi connectivity index (χ1n) is 7.26. The van der Waals surface area contributed by atoms with Crippen LogP contribution in [0.15, 0.2) is 65.3 Å². The van der Waals surface area contributed by atoms with Crippen molar-refractivity contribution >= 4 is 27.7 Å². The zero-order chi connectivity index (χ0) is 16.2. The van der Waals surface area contributed by atoms with Crippen molar-refractivity contribution in [2.24, 2.45) is 0 Å². The largest absolute Gasteiger partial charge is 0.307 e.